The second-order valence-electron chi connectivity index (χ2n) is 3.77. The van der Waals surface area contributed by atoms with Gasteiger partial charge in [0.15, 0.2) is 5.78 Å². The maximum absolute atomic E-state index is 11.6. The maximum atomic E-state index is 11.6. The Bertz CT molecular complexity index is 581. The first kappa shape index (κ1) is 12.1. The van der Waals surface area contributed by atoms with Gasteiger partial charge >= 0.3 is 5.97 Å². The first-order chi connectivity index (χ1) is 8.63. The number of carbonyl (C=O) groups excluding carboxylic acids is 2. The lowest BCUT2D eigenvalue weighted by Crippen LogP contribution is -1.98. The van der Waals surface area contributed by atoms with Gasteiger partial charge in [0, 0.05) is 11.6 Å². The summed E-state index contributed by atoms with van der Waals surface area (Å²) in [6, 6.07) is 10.6. The molecule has 1 aromatic heterocycles. The third-order valence-corrected chi connectivity index (χ3v) is 2.53. The van der Waals surface area contributed by atoms with E-state index >= 15 is 0 Å². The molecule has 92 valence electrons. The lowest BCUT2D eigenvalue weighted by atomic mass is 10.1. The maximum Gasteiger partial charge on any atom is 0.373 e. The smallest absolute Gasteiger partial charge is 0.373 e. The van der Waals surface area contributed by atoms with E-state index in [0.717, 1.165) is 5.56 Å². The van der Waals surface area contributed by atoms with Crippen molar-refractivity contribution in [3.63, 3.8) is 0 Å². The fourth-order valence-corrected chi connectivity index (χ4v) is 1.66. The molecule has 2 aromatic rings. The van der Waals surface area contributed by atoms with Crippen LogP contribution in [0.2, 0.25) is 0 Å². The quantitative estimate of drug-likeness (QED) is 0.615. The van der Waals surface area contributed by atoms with Gasteiger partial charge in [-0.2, -0.15) is 0 Å². The van der Waals surface area contributed by atoms with E-state index in [1.807, 2.05) is 30.3 Å². The van der Waals surface area contributed by atoms with Gasteiger partial charge in [-0.3, -0.25) is 4.79 Å². The van der Waals surface area contributed by atoms with Crippen LogP contribution in [0.15, 0.2) is 40.8 Å². The van der Waals surface area contributed by atoms with Gasteiger partial charge in [-0.1, -0.05) is 30.3 Å². The van der Waals surface area contributed by atoms with Gasteiger partial charge in [-0.15, -0.1) is 0 Å². The summed E-state index contributed by atoms with van der Waals surface area (Å²) < 4.78 is 10.00. The molecule has 0 saturated heterocycles. The summed E-state index contributed by atoms with van der Waals surface area (Å²) in [7, 11) is 1.26. The van der Waals surface area contributed by atoms with Crippen LogP contribution in [-0.2, 0) is 4.74 Å². The van der Waals surface area contributed by atoms with E-state index in [-0.39, 0.29) is 11.5 Å². The highest BCUT2D eigenvalue weighted by atomic mass is 16.5. The minimum atomic E-state index is -0.598. The van der Waals surface area contributed by atoms with Gasteiger partial charge < -0.3 is 9.15 Å². The lowest BCUT2D eigenvalue weighted by molar-refractivity contribution is 0.0566. The summed E-state index contributed by atoms with van der Waals surface area (Å²) in [5.74, 6) is -0.336. The predicted molar refractivity (Wildman–Crippen MR) is 65.5 cm³/mol. The molecule has 0 spiro atoms. The number of benzene rings is 1. The molecule has 0 fully saturated rings. The molecule has 18 heavy (non-hydrogen) atoms. The molecule has 0 aliphatic carbocycles. The number of furan rings is 1. The number of hydrogen-bond acceptors (Lipinski definition) is 4. The molecule has 1 heterocycles. The molecule has 0 radical (unpaired) electrons. The largest absolute Gasteiger partial charge is 0.463 e. The van der Waals surface area contributed by atoms with Crippen LogP contribution in [0.3, 0.4) is 0 Å². The molecule has 0 unspecified atom stereocenters. The number of rotatable bonds is 3. The van der Waals surface area contributed by atoms with Crippen LogP contribution in [0.1, 0.15) is 27.8 Å². The SMILES string of the molecule is COC(=O)c1cc(C(C)=O)c(-c2ccccc2)o1. The van der Waals surface area contributed by atoms with Gasteiger partial charge in [0.1, 0.15) is 5.76 Å². The van der Waals surface area contributed by atoms with Crippen molar-refractivity contribution < 1.29 is 18.7 Å². The van der Waals surface area contributed by atoms with Crippen LogP contribution < -0.4 is 0 Å². The minimum absolute atomic E-state index is 0.0292. The molecule has 0 aliphatic heterocycles. The van der Waals surface area contributed by atoms with Gasteiger partial charge in [-0.05, 0) is 6.92 Å². The lowest BCUT2D eigenvalue weighted by Gasteiger charge is -1.98. The summed E-state index contributed by atoms with van der Waals surface area (Å²) in [4.78, 5) is 23.0. The van der Waals surface area contributed by atoms with Gasteiger partial charge in [0.2, 0.25) is 5.76 Å². The normalized spacial score (nSPS) is 10.1. The van der Waals surface area contributed by atoms with E-state index in [0.29, 0.717) is 11.3 Å². The average Bonchev–Trinajstić information content (AvgIpc) is 2.84. The zero-order chi connectivity index (χ0) is 13.1. The fourth-order valence-electron chi connectivity index (χ4n) is 1.66. The van der Waals surface area contributed by atoms with Crippen LogP contribution in [0.4, 0.5) is 0 Å². The molecule has 2 rings (SSSR count). The number of methoxy groups -OCH3 is 1. The van der Waals surface area contributed by atoms with E-state index < -0.39 is 5.97 Å². The van der Waals surface area contributed by atoms with E-state index in [2.05, 4.69) is 4.74 Å². The van der Waals surface area contributed by atoms with Crippen molar-refractivity contribution >= 4 is 11.8 Å². The van der Waals surface area contributed by atoms with Crippen LogP contribution in [-0.4, -0.2) is 18.9 Å². The van der Waals surface area contributed by atoms with Crippen molar-refractivity contribution in [1.82, 2.24) is 0 Å². The van der Waals surface area contributed by atoms with Crippen molar-refractivity contribution in [1.29, 1.82) is 0 Å². The minimum Gasteiger partial charge on any atom is -0.463 e. The first-order valence-electron chi connectivity index (χ1n) is 5.42. The molecule has 0 atom stereocenters. The average molecular weight is 244 g/mol. The number of esters is 1. The molecular weight excluding hydrogens is 232 g/mol. The van der Waals surface area contributed by atoms with Crippen LogP contribution in [0, 0.1) is 0 Å². The Kier molecular flexibility index (Phi) is 3.28. The Hall–Kier alpha value is -2.36. The second kappa shape index (κ2) is 4.87. The Morgan fingerprint density at radius 1 is 1.17 bits per heavy atom. The molecule has 0 bridgehead atoms. The molecule has 0 saturated carbocycles. The van der Waals surface area contributed by atoms with Gasteiger partial charge in [-0.25, -0.2) is 4.79 Å². The van der Waals surface area contributed by atoms with Crippen molar-refractivity contribution in [3.8, 4) is 11.3 Å². The van der Waals surface area contributed by atoms with Gasteiger partial charge in [0.05, 0.1) is 12.7 Å². The van der Waals surface area contributed by atoms with Crippen LogP contribution >= 0.6 is 0 Å². The van der Waals surface area contributed by atoms with Crippen LogP contribution in [0.5, 0.6) is 0 Å². The molecular formula is C14H12O4. The standard InChI is InChI=1S/C14H12O4/c1-9(15)11-8-12(14(16)17-2)18-13(11)10-6-4-3-5-7-10/h3-8H,1-2H3. The first-order valence-corrected chi connectivity index (χ1v) is 5.42. The van der Waals surface area contributed by atoms with Crippen molar-refractivity contribution in [3.05, 3.63) is 47.7 Å². The Morgan fingerprint density at radius 3 is 2.39 bits per heavy atom. The Labute approximate surface area is 104 Å². The highest BCUT2D eigenvalue weighted by molar-refractivity contribution is 6.02. The van der Waals surface area contributed by atoms with E-state index in [9.17, 15) is 9.59 Å². The number of Topliss-reactive ketones (excluding diaryl/α,β-unsaturated/α-hetero) is 1. The second-order valence-corrected chi connectivity index (χ2v) is 3.77. The molecule has 4 nitrogen and oxygen atoms in total. The predicted octanol–water partition coefficient (Wildman–Crippen LogP) is 2.94. The third-order valence-electron chi connectivity index (χ3n) is 2.53. The third kappa shape index (κ3) is 2.18. The monoisotopic (exact) mass is 244 g/mol. The zero-order valence-corrected chi connectivity index (χ0v) is 10.1. The topological polar surface area (TPSA) is 56.5 Å². The summed E-state index contributed by atoms with van der Waals surface area (Å²) in [5, 5.41) is 0. The fraction of sp³-hybridized carbons (Fsp3) is 0.143. The van der Waals surface area contributed by atoms with Crippen LogP contribution in [0.25, 0.3) is 11.3 Å². The molecule has 0 aliphatic rings. The summed E-state index contributed by atoms with van der Waals surface area (Å²) in [6.07, 6.45) is 0. The summed E-state index contributed by atoms with van der Waals surface area (Å²) >= 11 is 0. The Morgan fingerprint density at radius 2 is 1.83 bits per heavy atom. The number of carbonyl (C=O) groups is 2. The molecule has 1 aromatic carbocycles. The van der Waals surface area contributed by atoms with E-state index in [4.69, 9.17) is 4.42 Å². The molecule has 0 amide bonds. The Balaban J connectivity index is 2.56. The van der Waals surface area contributed by atoms with E-state index in [1.54, 1.807) is 0 Å². The summed E-state index contributed by atoms with van der Waals surface area (Å²) in [6.45, 7) is 1.43. The van der Waals surface area contributed by atoms with Gasteiger partial charge in [0.25, 0.3) is 0 Å². The number of ketones is 1. The molecule has 4 heteroatoms. The van der Waals surface area contributed by atoms with Crippen molar-refractivity contribution in [2.45, 2.75) is 6.92 Å². The highest BCUT2D eigenvalue weighted by Crippen LogP contribution is 2.28. The highest BCUT2D eigenvalue weighted by Gasteiger charge is 2.20. The van der Waals surface area contributed by atoms with Crippen molar-refractivity contribution in [2.75, 3.05) is 7.11 Å². The number of hydrogen-bond donors (Lipinski definition) is 0. The van der Waals surface area contributed by atoms with E-state index in [1.165, 1.54) is 20.1 Å². The van der Waals surface area contributed by atoms with Crippen molar-refractivity contribution in [2.24, 2.45) is 0 Å². The zero-order valence-electron chi connectivity index (χ0n) is 10.1. The summed E-state index contributed by atoms with van der Waals surface area (Å²) in [5.41, 5.74) is 1.12. The molecule has 0 N–H and O–H groups in total. The number of ether oxygens (including phenoxy) is 1.